The van der Waals surface area contributed by atoms with Crippen LogP contribution in [0.3, 0.4) is 0 Å². The molecule has 0 amide bonds. The van der Waals surface area contributed by atoms with Gasteiger partial charge in [0.2, 0.25) is 0 Å². The number of hydrogen-bond acceptors (Lipinski definition) is 4. The minimum Gasteiger partial charge on any atom is -0.357 e. The Bertz CT molecular complexity index is 1030. The molecule has 0 bridgehead atoms. The van der Waals surface area contributed by atoms with Crippen molar-refractivity contribution in [3.8, 4) is 0 Å². The zero-order chi connectivity index (χ0) is 17.5. The Kier molecular flexibility index (Phi) is 3.62. The molecule has 4 heterocycles. The maximum Gasteiger partial charge on any atom is 0.254 e. The summed E-state index contributed by atoms with van der Waals surface area (Å²) < 4.78 is 1.88. The van der Waals surface area contributed by atoms with Crippen molar-refractivity contribution in [3.05, 3.63) is 54.1 Å². The Hall–Kier alpha value is -2.89. The lowest BCUT2D eigenvalue weighted by Crippen LogP contribution is -2.35. The van der Waals surface area contributed by atoms with Crippen LogP contribution in [0.15, 0.2) is 42.7 Å². The van der Waals surface area contributed by atoms with E-state index in [9.17, 15) is 0 Å². The summed E-state index contributed by atoms with van der Waals surface area (Å²) in [6, 6.07) is 13.3. The number of aromatic nitrogens is 5. The summed E-state index contributed by atoms with van der Waals surface area (Å²) in [7, 11) is 0. The fourth-order valence-electron chi connectivity index (χ4n) is 4.03. The van der Waals surface area contributed by atoms with E-state index in [2.05, 4.69) is 68.3 Å². The van der Waals surface area contributed by atoms with E-state index in [-0.39, 0.29) is 0 Å². The zero-order valence-corrected chi connectivity index (χ0v) is 14.9. The Morgan fingerprint density at radius 3 is 3.00 bits per heavy atom. The summed E-state index contributed by atoms with van der Waals surface area (Å²) >= 11 is 0. The molecule has 1 aliphatic heterocycles. The van der Waals surface area contributed by atoms with Crippen molar-refractivity contribution >= 4 is 22.5 Å². The van der Waals surface area contributed by atoms with Gasteiger partial charge in [-0.25, -0.2) is 4.98 Å². The van der Waals surface area contributed by atoms with E-state index in [0.717, 1.165) is 30.9 Å². The van der Waals surface area contributed by atoms with Gasteiger partial charge in [0.1, 0.15) is 12.1 Å². The van der Waals surface area contributed by atoms with Crippen molar-refractivity contribution in [2.45, 2.75) is 38.6 Å². The molecule has 0 spiro atoms. The van der Waals surface area contributed by atoms with Crippen LogP contribution in [0.25, 0.3) is 16.7 Å². The Labute approximate surface area is 151 Å². The van der Waals surface area contributed by atoms with Crippen molar-refractivity contribution in [2.24, 2.45) is 0 Å². The summed E-state index contributed by atoms with van der Waals surface area (Å²) in [5.41, 5.74) is 3.53. The largest absolute Gasteiger partial charge is 0.357 e. The van der Waals surface area contributed by atoms with E-state index >= 15 is 0 Å². The van der Waals surface area contributed by atoms with E-state index in [0.29, 0.717) is 11.8 Å². The van der Waals surface area contributed by atoms with E-state index < -0.39 is 0 Å². The van der Waals surface area contributed by atoms with E-state index in [4.69, 9.17) is 0 Å². The average molecular weight is 346 g/mol. The number of nitrogens with zero attached hydrogens (tertiary/aromatic N) is 5. The molecule has 26 heavy (non-hydrogen) atoms. The van der Waals surface area contributed by atoms with Crippen molar-refractivity contribution in [2.75, 3.05) is 11.4 Å². The zero-order valence-electron chi connectivity index (χ0n) is 14.9. The van der Waals surface area contributed by atoms with Crippen LogP contribution in [0.4, 0.5) is 5.82 Å². The number of piperidine rings is 1. The Morgan fingerprint density at radius 1 is 1.19 bits per heavy atom. The molecule has 5 rings (SSSR count). The fourth-order valence-corrected chi connectivity index (χ4v) is 4.03. The number of rotatable bonds is 3. The SMILES string of the molecule is CCc1cc(N2CCCC[C@@H]2c2cc3ccccc3[nH]2)n2ncnc2n1. The van der Waals surface area contributed by atoms with Crippen molar-refractivity contribution < 1.29 is 0 Å². The first-order valence-electron chi connectivity index (χ1n) is 9.37. The molecule has 1 aromatic carbocycles. The molecule has 1 atom stereocenters. The molecule has 4 aromatic rings. The number of nitrogens with one attached hydrogen (secondary N) is 1. The van der Waals surface area contributed by atoms with Gasteiger partial charge >= 0.3 is 0 Å². The van der Waals surface area contributed by atoms with Gasteiger partial charge in [-0.3, -0.25) is 0 Å². The van der Waals surface area contributed by atoms with Crippen LogP contribution >= 0.6 is 0 Å². The quantitative estimate of drug-likeness (QED) is 0.611. The number of aryl methyl sites for hydroxylation is 1. The fraction of sp³-hybridized carbons (Fsp3) is 0.350. The second-order valence-electron chi connectivity index (χ2n) is 6.95. The van der Waals surface area contributed by atoms with Gasteiger partial charge in [0.05, 0.1) is 6.04 Å². The monoisotopic (exact) mass is 346 g/mol. The van der Waals surface area contributed by atoms with E-state index in [1.165, 1.54) is 29.4 Å². The highest BCUT2D eigenvalue weighted by Crippen LogP contribution is 2.36. The molecule has 0 aliphatic carbocycles. The number of benzene rings is 1. The molecule has 132 valence electrons. The maximum atomic E-state index is 4.60. The first-order valence-corrected chi connectivity index (χ1v) is 9.37. The van der Waals surface area contributed by atoms with Crippen molar-refractivity contribution in [1.82, 2.24) is 24.6 Å². The Balaban J connectivity index is 1.63. The number of hydrogen-bond donors (Lipinski definition) is 1. The first-order chi connectivity index (χ1) is 12.8. The average Bonchev–Trinajstić information content (AvgIpc) is 3.33. The molecule has 3 aromatic heterocycles. The number of H-pyrrole nitrogens is 1. The van der Waals surface area contributed by atoms with Gasteiger partial charge in [-0.15, -0.1) is 0 Å². The second kappa shape index (κ2) is 6.12. The maximum absolute atomic E-state index is 4.60. The predicted molar refractivity (Wildman–Crippen MR) is 102 cm³/mol. The van der Waals surface area contributed by atoms with Crippen molar-refractivity contribution in [3.63, 3.8) is 0 Å². The second-order valence-corrected chi connectivity index (χ2v) is 6.95. The molecule has 6 heteroatoms. The van der Waals surface area contributed by atoms with Crippen LogP contribution in [0, 0.1) is 0 Å². The minimum atomic E-state index is 0.315. The summed E-state index contributed by atoms with van der Waals surface area (Å²) in [6.45, 7) is 3.15. The number of aromatic amines is 1. The highest BCUT2D eigenvalue weighted by molar-refractivity contribution is 5.80. The summed E-state index contributed by atoms with van der Waals surface area (Å²) in [6.07, 6.45) is 6.04. The third-order valence-electron chi connectivity index (χ3n) is 5.36. The number of fused-ring (bicyclic) bond motifs is 2. The molecule has 1 fully saturated rings. The van der Waals surface area contributed by atoms with Gasteiger partial charge < -0.3 is 9.88 Å². The topological polar surface area (TPSA) is 62.1 Å². The first kappa shape index (κ1) is 15.4. The van der Waals surface area contributed by atoms with Crippen LogP contribution < -0.4 is 4.90 Å². The van der Waals surface area contributed by atoms with Gasteiger partial charge in [0.15, 0.2) is 0 Å². The molecule has 1 aliphatic rings. The molecule has 0 saturated carbocycles. The summed E-state index contributed by atoms with van der Waals surface area (Å²) in [5.74, 6) is 1.77. The Morgan fingerprint density at radius 2 is 2.12 bits per heavy atom. The van der Waals surface area contributed by atoms with Gasteiger partial charge in [-0.2, -0.15) is 14.6 Å². The summed E-state index contributed by atoms with van der Waals surface area (Å²) in [5, 5.41) is 5.70. The van der Waals surface area contributed by atoms with Crippen LogP contribution in [-0.2, 0) is 6.42 Å². The van der Waals surface area contributed by atoms with Crippen LogP contribution in [-0.4, -0.2) is 31.1 Å². The van der Waals surface area contributed by atoms with Crippen LogP contribution in [0.5, 0.6) is 0 Å². The van der Waals surface area contributed by atoms with Gasteiger partial charge in [0, 0.05) is 29.5 Å². The smallest absolute Gasteiger partial charge is 0.254 e. The standard InChI is InChI=1S/C20H22N6/c1-2-15-12-19(26-20(23-15)21-13-22-26)25-10-6-5-9-18(25)17-11-14-7-3-4-8-16(14)24-17/h3-4,7-8,11-13,18,24H,2,5-6,9-10H2,1H3/t18-/m1/s1. The molecule has 0 unspecified atom stereocenters. The summed E-state index contributed by atoms with van der Waals surface area (Å²) in [4.78, 5) is 15.0. The number of para-hydroxylation sites is 1. The normalized spacial score (nSPS) is 18.0. The predicted octanol–water partition coefficient (Wildman–Crippen LogP) is 3.90. The third-order valence-corrected chi connectivity index (χ3v) is 5.36. The highest BCUT2D eigenvalue weighted by Gasteiger charge is 2.28. The lowest BCUT2D eigenvalue weighted by Gasteiger charge is -2.37. The van der Waals surface area contributed by atoms with Gasteiger partial charge in [0.25, 0.3) is 5.78 Å². The van der Waals surface area contributed by atoms with E-state index in [1.54, 1.807) is 6.33 Å². The lowest BCUT2D eigenvalue weighted by molar-refractivity contribution is 0.460. The molecule has 1 saturated heterocycles. The highest BCUT2D eigenvalue weighted by atomic mass is 15.4. The van der Waals surface area contributed by atoms with Crippen LogP contribution in [0.2, 0.25) is 0 Å². The van der Waals surface area contributed by atoms with Crippen molar-refractivity contribution in [1.29, 1.82) is 0 Å². The van der Waals surface area contributed by atoms with Gasteiger partial charge in [-0.1, -0.05) is 25.1 Å². The number of anilines is 1. The molecular formula is C20H22N6. The molecule has 0 radical (unpaired) electrons. The molecule has 6 nitrogen and oxygen atoms in total. The molecule has 1 N–H and O–H groups in total. The van der Waals surface area contributed by atoms with E-state index in [1.807, 2.05) is 4.52 Å². The van der Waals surface area contributed by atoms with Gasteiger partial charge in [-0.05, 0) is 43.2 Å². The third kappa shape index (κ3) is 2.44. The van der Waals surface area contributed by atoms with Crippen LogP contribution in [0.1, 0.15) is 43.6 Å². The minimum absolute atomic E-state index is 0.315. The molecular weight excluding hydrogens is 324 g/mol. The lowest BCUT2D eigenvalue weighted by atomic mass is 9.99.